The Labute approximate surface area is 248 Å². The molecule has 7 nitrogen and oxygen atoms in total. The maximum Gasteiger partial charge on any atom is 0.416 e. The van der Waals surface area contributed by atoms with Gasteiger partial charge in [-0.05, 0) is 67.3 Å². The lowest BCUT2D eigenvalue weighted by Gasteiger charge is -2.31. The summed E-state index contributed by atoms with van der Waals surface area (Å²) >= 11 is 0. The number of aliphatic hydroxyl groups excluding tert-OH is 1. The van der Waals surface area contributed by atoms with Crippen LogP contribution < -0.4 is 5.32 Å². The zero-order chi connectivity index (χ0) is 30.2. The summed E-state index contributed by atoms with van der Waals surface area (Å²) in [6.45, 7) is 4.44. The largest absolute Gasteiger partial charge is 0.416 e. The first kappa shape index (κ1) is 29.2. The number of nitrogens with zero attached hydrogens (tertiary/aromatic N) is 2. The number of H-pyrrole nitrogens is 1. The van der Waals surface area contributed by atoms with Gasteiger partial charge < -0.3 is 15.4 Å². The average molecular weight is 594 g/mol. The summed E-state index contributed by atoms with van der Waals surface area (Å²) in [6, 6.07) is 18.9. The molecule has 3 atom stereocenters. The minimum absolute atomic E-state index is 0.198. The summed E-state index contributed by atoms with van der Waals surface area (Å²) in [6.07, 6.45) is -0.779. The highest BCUT2D eigenvalue weighted by atomic mass is 19.4. The quantitative estimate of drug-likeness (QED) is 0.200. The van der Waals surface area contributed by atoms with Crippen molar-refractivity contribution < 1.29 is 28.0 Å². The van der Waals surface area contributed by atoms with E-state index in [2.05, 4.69) is 21.3 Å². The summed E-state index contributed by atoms with van der Waals surface area (Å²) in [4.78, 5) is 24.0. The van der Waals surface area contributed by atoms with Crippen LogP contribution in [0.25, 0.3) is 10.9 Å². The Morgan fingerprint density at radius 1 is 1.12 bits per heavy atom. The minimum atomic E-state index is -4.40. The van der Waals surface area contributed by atoms with E-state index in [1.807, 2.05) is 49.5 Å². The molecule has 3 unspecified atom stereocenters. The molecule has 0 spiro atoms. The van der Waals surface area contributed by atoms with Crippen molar-refractivity contribution in [2.45, 2.75) is 57.7 Å². The lowest BCUT2D eigenvalue weighted by Crippen LogP contribution is -2.35. The second-order valence-corrected chi connectivity index (χ2v) is 12.1. The third-order valence-corrected chi connectivity index (χ3v) is 8.86. The molecule has 2 aliphatic rings. The number of aromatic nitrogens is 1. The number of aliphatic hydroxyl groups is 1. The molecule has 3 heterocycles. The molecule has 1 aromatic heterocycles. The topological polar surface area (TPSA) is 80.6 Å². The summed E-state index contributed by atoms with van der Waals surface area (Å²) in [7, 11) is 0. The van der Waals surface area contributed by atoms with Crippen molar-refractivity contribution in [1.82, 2.24) is 9.88 Å². The van der Waals surface area contributed by atoms with Crippen molar-refractivity contribution >= 4 is 16.6 Å². The van der Waals surface area contributed by atoms with Crippen molar-refractivity contribution in [1.29, 1.82) is 0 Å². The second kappa shape index (κ2) is 11.7. The van der Waals surface area contributed by atoms with E-state index in [0.29, 0.717) is 47.5 Å². The van der Waals surface area contributed by atoms with Crippen molar-refractivity contribution in [3.05, 3.63) is 106 Å². The van der Waals surface area contributed by atoms with Gasteiger partial charge in [-0.15, -0.1) is 0 Å². The number of likely N-dealkylation sites (tertiary alicyclic amines) is 1. The maximum absolute atomic E-state index is 13.6. The van der Waals surface area contributed by atoms with Crippen LogP contribution in [-0.4, -0.2) is 45.7 Å². The van der Waals surface area contributed by atoms with Gasteiger partial charge in [-0.1, -0.05) is 42.5 Å². The standard InChI is InChI=1S/C33H36F3N4O3/c1-22-13-31(40(42)43-22)29-15-27(10-9-24(29)19-41)38-20-32(16-23-5-4-6-26(14-23)33(34,35)36)11-12-39(21-32)18-25-17-37-30-8-3-2-7-28(25)30/h2-10,14-15,17,22,31,37-38,41H,11-13,16,18-21H2,1H3/q+1. The Morgan fingerprint density at radius 3 is 2.72 bits per heavy atom. The van der Waals surface area contributed by atoms with Gasteiger partial charge in [0, 0.05) is 53.4 Å². The predicted octanol–water partition coefficient (Wildman–Crippen LogP) is 6.77. The third kappa shape index (κ3) is 6.26. The highest BCUT2D eigenvalue weighted by molar-refractivity contribution is 5.83. The van der Waals surface area contributed by atoms with E-state index in [1.165, 1.54) is 23.1 Å². The van der Waals surface area contributed by atoms with Crippen LogP contribution in [0.1, 0.15) is 53.6 Å². The molecular formula is C33H36F3N4O3+. The summed E-state index contributed by atoms with van der Waals surface area (Å²) < 4.78 is 40.7. The van der Waals surface area contributed by atoms with Gasteiger partial charge in [0.1, 0.15) is 0 Å². The molecule has 6 rings (SSSR count). The maximum atomic E-state index is 13.6. The van der Waals surface area contributed by atoms with Gasteiger partial charge in [0.25, 0.3) is 6.04 Å². The van der Waals surface area contributed by atoms with E-state index in [4.69, 9.17) is 4.84 Å². The van der Waals surface area contributed by atoms with E-state index < -0.39 is 17.8 Å². The zero-order valence-corrected chi connectivity index (χ0v) is 24.0. The second-order valence-electron chi connectivity index (χ2n) is 12.1. The number of rotatable bonds is 9. The lowest BCUT2D eigenvalue weighted by molar-refractivity contribution is -0.812. The molecule has 2 aliphatic heterocycles. The first-order chi connectivity index (χ1) is 20.6. The van der Waals surface area contributed by atoms with Gasteiger partial charge in [0.15, 0.2) is 6.10 Å². The van der Waals surface area contributed by atoms with Gasteiger partial charge in [-0.3, -0.25) is 4.90 Å². The normalized spacial score (nSPS) is 22.8. The lowest BCUT2D eigenvalue weighted by atomic mass is 9.80. The number of hydrogen-bond acceptors (Lipinski definition) is 5. The molecule has 2 fully saturated rings. The third-order valence-electron chi connectivity index (χ3n) is 8.86. The monoisotopic (exact) mass is 593 g/mol. The number of nitrogens with one attached hydrogen (secondary N) is 2. The molecule has 0 radical (unpaired) electrons. The molecule has 10 heteroatoms. The average Bonchev–Trinajstić information content (AvgIpc) is 3.68. The van der Waals surface area contributed by atoms with Crippen molar-refractivity contribution in [2.24, 2.45) is 5.41 Å². The SMILES string of the molecule is CC1CC(c2cc(NCC3(Cc4cccc(C(F)(F)F)c4)CCN(Cc4c[nH]c5ccccc45)C3)ccc2CO)[N+](=O)O1. The Balaban J connectivity index is 1.25. The Kier molecular flexibility index (Phi) is 7.91. The van der Waals surface area contributed by atoms with Crippen molar-refractivity contribution in [3.63, 3.8) is 0 Å². The Hall–Kier alpha value is -3.89. The van der Waals surface area contributed by atoms with Gasteiger partial charge in [0.2, 0.25) is 4.92 Å². The first-order valence-electron chi connectivity index (χ1n) is 14.7. The van der Waals surface area contributed by atoms with E-state index in [1.54, 1.807) is 6.07 Å². The molecule has 0 aliphatic carbocycles. The number of benzene rings is 3. The molecule has 43 heavy (non-hydrogen) atoms. The fourth-order valence-electron chi connectivity index (χ4n) is 6.69. The molecule has 2 saturated heterocycles. The van der Waals surface area contributed by atoms with Crippen molar-refractivity contribution in [3.8, 4) is 0 Å². The highest BCUT2D eigenvalue weighted by Gasteiger charge is 2.43. The van der Waals surface area contributed by atoms with Crippen LogP contribution in [0, 0.1) is 10.3 Å². The number of fused-ring (bicyclic) bond motifs is 1. The smallest absolute Gasteiger partial charge is 0.392 e. The van der Waals surface area contributed by atoms with Gasteiger partial charge in [0.05, 0.1) is 23.5 Å². The van der Waals surface area contributed by atoms with Crippen LogP contribution in [0.5, 0.6) is 0 Å². The van der Waals surface area contributed by atoms with Crippen LogP contribution in [0.15, 0.2) is 72.9 Å². The van der Waals surface area contributed by atoms with Gasteiger partial charge in [-0.2, -0.15) is 13.2 Å². The number of aromatic amines is 1. The molecule has 0 saturated carbocycles. The zero-order valence-electron chi connectivity index (χ0n) is 24.0. The fraction of sp³-hybridized carbons (Fsp3) is 0.394. The van der Waals surface area contributed by atoms with Crippen LogP contribution in [0.2, 0.25) is 0 Å². The molecule has 0 bridgehead atoms. The molecule has 226 valence electrons. The van der Waals surface area contributed by atoms with Crippen LogP contribution in [0.3, 0.4) is 0 Å². The Bertz CT molecular complexity index is 1620. The van der Waals surface area contributed by atoms with Gasteiger partial charge >= 0.3 is 6.18 Å². The highest BCUT2D eigenvalue weighted by Crippen LogP contribution is 2.39. The first-order valence-corrected chi connectivity index (χ1v) is 14.7. The van der Waals surface area contributed by atoms with Crippen LogP contribution in [0.4, 0.5) is 18.9 Å². The number of para-hydroxylation sites is 1. The van der Waals surface area contributed by atoms with E-state index >= 15 is 0 Å². The molecular weight excluding hydrogens is 557 g/mol. The van der Waals surface area contributed by atoms with Crippen molar-refractivity contribution in [2.75, 3.05) is 25.0 Å². The van der Waals surface area contributed by atoms with E-state index in [0.717, 1.165) is 36.8 Å². The molecule has 4 aromatic rings. The number of alkyl halides is 3. The predicted molar refractivity (Wildman–Crippen MR) is 158 cm³/mol. The van der Waals surface area contributed by atoms with E-state index in [-0.39, 0.29) is 18.1 Å². The number of halogens is 3. The van der Waals surface area contributed by atoms with E-state index in [9.17, 15) is 23.2 Å². The fourth-order valence-corrected chi connectivity index (χ4v) is 6.69. The Morgan fingerprint density at radius 2 is 1.95 bits per heavy atom. The molecule has 0 amide bonds. The molecule has 3 aromatic carbocycles. The summed E-state index contributed by atoms with van der Waals surface area (Å²) in [5.41, 5.74) is 4.12. The van der Waals surface area contributed by atoms with Crippen LogP contribution >= 0.6 is 0 Å². The van der Waals surface area contributed by atoms with Crippen LogP contribution in [-0.2, 0) is 30.6 Å². The number of hydrogen-bond donors (Lipinski definition) is 3. The minimum Gasteiger partial charge on any atom is -0.392 e. The number of anilines is 1. The summed E-state index contributed by atoms with van der Waals surface area (Å²) in [5.74, 6) is 0. The summed E-state index contributed by atoms with van der Waals surface area (Å²) in [5, 5.41) is 14.7. The molecule has 3 N–H and O–H groups in total. The van der Waals surface area contributed by atoms with Gasteiger partial charge in [-0.25, -0.2) is 4.84 Å².